The van der Waals surface area contributed by atoms with Gasteiger partial charge >= 0.3 is 12.0 Å². The lowest BCUT2D eigenvalue weighted by atomic mass is 10.2. The Hall–Kier alpha value is -1.44. The maximum atomic E-state index is 12.2. The second-order valence-corrected chi connectivity index (χ2v) is 4.98. The van der Waals surface area contributed by atoms with Crippen molar-refractivity contribution in [2.75, 3.05) is 25.1 Å². The molecule has 7 nitrogen and oxygen atoms in total. The number of nitrogens with one attached hydrogen (secondary N) is 1. The summed E-state index contributed by atoms with van der Waals surface area (Å²) in [5.41, 5.74) is 5.03. The number of thioether (sulfide) groups is 1. The number of carboxylic acids is 1. The summed E-state index contributed by atoms with van der Waals surface area (Å²) >= 11 is 1.53. The molecule has 0 saturated carbocycles. The van der Waals surface area contributed by atoms with Gasteiger partial charge in [0.05, 0.1) is 0 Å². The highest BCUT2D eigenvalue weighted by molar-refractivity contribution is 7.98. The maximum absolute atomic E-state index is 12.2. The number of rotatable bonds is 9. The molecular weight excluding hydrogens is 270 g/mol. The van der Waals surface area contributed by atoms with Crippen molar-refractivity contribution in [2.45, 2.75) is 25.8 Å². The number of carboxylic acid groups (broad SMARTS) is 1. The van der Waals surface area contributed by atoms with Crippen molar-refractivity contribution in [3.05, 3.63) is 0 Å². The number of carbonyl (C=O) groups is 3. The molecule has 0 heterocycles. The van der Waals surface area contributed by atoms with Crippen molar-refractivity contribution in [1.29, 1.82) is 0 Å². The van der Waals surface area contributed by atoms with Crippen LogP contribution in [0, 0.1) is 0 Å². The molecule has 0 aliphatic heterocycles. The molecule has 0 bridgehead atoms. The van der Waals surface area contributed by atoms with Gasteiger partial charge in [0.1, 0.15) is 12.6 Å². The third-order valence-corrected chi connectivity index (χ3v) is 3.00. The highest BCUT2D eigenvalue weighted by Gasteiger charge is 2.25. The second-order valence-electron chi connectivity index (χ2n) is 4.00. The zero-order valence-electron chi connectivity index (χ0n) is 11.2. The maximum Gasteiger partial charge on any atom is 0.323 e. The van der Waals surface area contributed by atoms with Crippen LogP contribution in [-0.2, 0) is 9.59 Å². The average Bonchev–Trinajstić information content (AvgIpc) is 2.32. The summed E-state index contributed by atoms with van der Waals surface area (Å²) in [6.07, 6.45) is 2.94. The third-order valence-electron chi connectivity index (χ3n) is 2.36. The number of nitrogens with two attached hydrogens (primary N) is 1. The number of primary amides is 1. The number of carbonyl (C=O) groups excluding carboxylic acids is 2. The minimum Gasteiger partial charge on any atom is -0.480 e. The van der Waals surface area contributed by atoms with Gasteiger partial charge in [0.25, 0.3) is 0 Å². The summed E-state index contributed by atoms with van der Waals surface area (Å²) in [5, 5.41) is 11.2. The molecule has 0 rings (SSSR count). The van der Waals surface area contributed by atoms with Gasteiger partial charge in [0.15, 0.2) is 0 Å². The van der Waals surface area contributed by atoms with Gasteiger partial charge in [-0.3, -0.25) is 9.59 Å². The Labute approximate surface area is 116 Å². The normalized spacial score (nSPS) is 11.7. The minimum absolute atomic E-state index is 0.335. The Bertz CT molecular complexity index is 325. The topological polar surface area (TPSA) is 113 Å². The summed E-state index contributed by atoms with van der Waals surface area (Å²) in [5.74, 6) is -0.814. The lowest BCUT2D eigenvalue weighted by Crippen LogP contribution is -2.51. The molecule has 0 radical (unpaired) electrons. The SMILES string of the molecule is CCCN(CC(=O)O)C(=O)C(CCSC)NC(N)=O. The van der Waals surface area contributed by atoms with Crippen LogP contribution in [0.3, 0.4) is 0 Å². The lowest BCUT2D eigenvalue weighted by Gasteiger charge is -2.25. The van der Waals surface area contributed by atoms with Gasteiger partial charge in [-0.2, -0.15) is 11.8 Å². The van der Waals surface area contributed by atoms with E-state index in [1.807, 2.05) is 13.2 Å². The van der Waals surface area contributed by atoms with Gasteiger partial charge in [-0.25, -0.2) is 4.79 Å². The van der Waals surface area contributed by atoms with E-state index in [0.717, 1.165) is 0 Å². The molecule has 1 atom stereocenters. The third kappa shape index (κ3) is 7.55. The summed E-state index contributed by atoms with van der Waals surface area (Å²) in [7, 11) is 0. The smallest absolute Gasteiger partial charge is 0.323 e. The molecule has 19 heavy (non-hydrogen) atoms. The lowest BCUT2D eigenvalue weighted by molar-refractivity contribution is -0.145. The van der Waals surface area contributed by atoms with Gasteiger partial charge in [-0.15, -0.1) is 0 Å². The first kappa shape index (κ1) is 17.6. The monoisotopic (exact) mass is 291 g/mol. The first-order chi connectivity index (χ1) is 8.92. The van der Waals surface area contributed by atoms with Crippen molar-refractivity contribution in [1.82, 2.24) is 10.2 Å². The highest BCUT2D eigenvalue weighted by Crippen LogP contribution is 2.05. The van der Waals surface area contributed by atoms with E-state index < -0.39 is 23.9 Å². The summed E-state index contributed by atoms with van der Waals surface area (Å²) in [6, 6.07) is -1.55. The molecule has 1 unspecified atom stereocenters. The van der Waals surface area contributed by atoms with Gasteiger partial charge in [0.2, 0.25) is 5.91 Å². The molecular formula is C11H21N3O4S. The van der Waals surface area contributed by atoms with Crippen molar-refractivity contribution in [2.24, 2.45) is 5.73 Å². The molecule has 0 spiro atoms. The molecule has 110 valence electrons. The Morgan fingerprint density at radius 2 is 2.05 bits per heavy atom. The van der Waals surface area contributed by atoms with Gasteiger partial charge in [-0.1, -0.05) is 6.92 Å². The van der Waals surface area contributed by atoms with Crippen LogP contribution in [0.5, 0.6) is 0 Å². The molecule has 0 aromatic heterocycles. The van der Waals surface area contributed by atoms with Gasteiger partial charge < -0.3 is 21.1 Å². The van der Waals surface area contributed by atoms with Crippen molar-refractivity contribution in [3.8, 4) is 0 Å². The number of hydrogen-bond acceptors (Lipinski definition) is 4. The van der Waals surface area contributed by atoms with Crippen LogP contribution in [0.4, 0.5) is 4.79 Å². The first-order valence-electron chi connectivity index (χ1n) is 5.97. The standard InChI is InChI=1S/C11H21N3O4S/c1-3-5-14(7-9(15)16)10(17)8(4-6-19-2)13-11(12)18/h8H,3-7H2,1-2H3,(H,15,16)(H3,12,13,18). The zero-order chi connectivity index (χ0) is 14.8. The predicted molar refractivity (Wildman–Crippen MR) is 74.0 cm³/mol. The fourth-order valence-electron chi connectivity index (χ4n) is 1.59. The van der Waals surface area contributed by atoms with Crippen LogP contribution >= 0.6 is 11.8 Å². The molecule has 0 aliphatic rings. The van der Waals surface area contributed by atoms with Crippen molar-refractivity contribution >= 4 is 29.7 Å². The van der Waals surface area contributed by atoms with Crippen LogP contribution in [-0.4, -0.2) is 59.1 Å². The van der Waals surface area contributed by atoms with Crippen LogP contribution in [0.2, 0.25) is 0 Å². The molecule has 0 fully saturated rings. The van der Waals surface area contributed by atoms with E-state index in [-0.39, 0.29) is 6.54 Å². The van der Waals surface area contributed by atoms with E-state index in [2.05, 4.69) is 5.32 Å². The number of hydrogen-bond donors (Lipinski definition) is 3. The molecule has 0 aliphatic carbocycles. The number of aliphatic carboxylic acids is 1. The van der Waals surface area contributed by atoms with E-state index in [0.29, 0.717) is 25.1 Å². The summed E-state index contributed by atoms with van der Waals surface area (Å²) < 4.78 is 0. The second kappa shape index (κ2) is 9.48. The first-order valence-corrected chi connectivity index (χ1v) is 7.37. The minimum atomic E-state index is -1.08. The molecule has 0 aromatic rings. The van der Waals surface area contributed by atoms with E-state index in [1.54, 1.807) is 0 Å². The van der Waals surface area contributed by atoms with Crippen LogP contribution in [0.1, 0.15) is 19.8 Å². The average molecular weight is 291 g/mol. The Kier molecular flexibility index (Phi) is 8.77. The van der Waals surface area contributed by atoms with Crippen LogP contribution < -0.4 is 11.1 Å². The molecule has 0 saturated heterocycles. The van der Waals surface area contributed by atoms with E-state index >= 15 is 0 Å². The van der Waals surface area contributed by atoms with Crippen molar-refractivity contribution in [3.63, 3.8) is 0 Å². The van der Waals surface area contributed by atoms with E-state index in [4.69, 9.17) is 10.8 Å². The molecule has 4 N–H and O–H groups in total. The van der Waals surface area contributed by atoms with Gasteiger partial charge in [-0.05, 0) is 24.9 Å². The number of amides is 3. The fraction of sp³-hybridized carbons (Fsp3) is 0.727. The van der Waals surface area contributed by atoms with E-state index in [1.165, 1.54) is 16.7 Å². The number of nitrogens with zero attached hydrogens (tertiary/aromatic N) is 1. The van der Waals surface area contributed by atoms with Crippen LogP contribution in [0.15, 0.2) is 0 Å². The predicted octanol–water partition coefficient (Wildman–Crippen LogP) is 0.0996. The highest BCUT2D eigenvalue weighted by atomic mass is 32.2. The molecule has 8 heteroatoms. The van der Waals surface area contributed by atoms with Crippen LogP contribution in [0.25, 0.3) is 0 Å². The van der Waals surface area contributed by atoms with E-state index in [9.17, 15) is 14.4 Å². The quantitative estimate of drug-likeness (QED) is 0.557. The summed E-state index contributed by atoms with van der Waals surface area (Å²) in [4.78, 5) is 35.1. The molecule has 3 amide bonds. The Morgan fingerprint density at radius 3 is 2.47 bits per heavy atom. The molecule has 0 aromatic carbocycles. The Balaban J connectivity index is 4.77. The summed E-state index contributed by atoms with van der Waals surface area (Å²) in [6.45, 7) is 1.81. The Morgan fingerprint density at radius 1 is 1.42 bits per heavy atom. The van der Waals surface area contributed by atoms with Gasteiger partial charge in [0, 0.05) is 6.54 Å². The fourth-order valence-corrected chi connectivity index (χ4v) is 2.06. The van der Waals surface area contributed by atoms with Crippen molar-refractivity contribution < 1.29 is 19.5 Å². The zero-order valence-corrected chi connectivity index (χ0v) is 12.0. The number of urea groups is 1. The largest absolute Gasteiger partial charge is 0.480 e.